The quantitative estimate of drug-likeness (QED) is 0.712. The molecule has 0 bridgehead atoms. The van der Waals surface area contributed by atoms with Crippen molar-refractivity contribution >= 4 is 16.7 Å². The molecular formula is C20H20N2O4. The van der Waals surface area contributed by atoms with Crippen LogP contribution in [0.4, 0.5) is 0 Å². The Balaban J connectivity index is 2.08. The molecule has 0 aliphatic heterocycles. The summed E-state index contributed by atoms with van der Waals surface area (Å²) in [6.45, 7) is 2.05. The number of hydrogen-bond donors (Lipinski definition) is 2. The molecule has 1 heterocycles. The Labute approximate surface area is 150 Å². The number of pyridine rings is 1. The number of fused-ring (bicyclic) bond motifs is 1. The number of primary amides is 1. The van der Waals surface area contributed by atoms with Crippen LogP contribution in [0.5, 0.6) is 5.75 Å². The maximum Gasteiger partial charge on any atom is 0.260 e. The molecular weight excluding hydrogens is 332 g/mol. The van der Waals surface area contributed by atoms with Gasteiger partial charge < -0.3 is 20.2 Å². The van der Waals surface area contributed by atoms with Crippen molar-refractivity contribution in [2.75, 3.05) is 13.7 Å². The zero-order chi connectivity index (χ0) is 18.7. The first-order valence-electron chi connectivity index (χ1n) is 8.17. The van der Waals surface area contributed by atoms with E-state index in [4.69, 9.17) is 15.2 Å². The van der Waals surface area contributed by atoms with Crippen molar-refractivity contribution in [3.63, 3.8) is 0 Å². The molecule has 0 radical (unpaired) electrons. The molecule has 1 atom stereocenters. The Kier molecular flexibility index (Phi) is 5.04. The van der Waals surface area contributed by atoms with Gasteiger partial charge in [-0.25, -0.2) is 0 Å². The number of H-pyrrole nitrogens is 1. The van der Waals surface area contributed by atoms with Crippen LogP contribution in [0.2, 0.25) is 0 Å². The third kappa shape index (κ3) is 3.45. The largest absolute Gasteiger partial charge is 0.478 e. The number of nitrogens with two attached hydrogens (primary N) is 1. The Morgan fingerprint density at radius 1 is 1.15 bits per heavy atom. The van der Waals surface area contributed by atoms with E-state index in [1.165, 1.54) is 7.11 Å². The smallest absolute Gasteiger partial charge is 0.260 e. The van der Waals surface area contributed by atoms with E-state index in [-0.39, 0.29) is 12.2 Å². The molecule has 0 aliphatic carbocycles. The van der Waals surface area contributed by atoms with E-state index in [2.05, 4.69) is 4.98 Å². The van der Waals surface area contributed by atoms with Crippen molar-refractivity contribution in [3.05, 3.63) is 64.6 Å². The van der Waals surface area contributed by atoms with Crippen molar-refractivity contribution in [3.8, 4) is 16.9 Å². The number of nitrogens with one attached hydrogen (secondary N) is 1. The van der Waals surface area contributed by atoms with Gasteiger partial charge in [-0.2, -0.15) is 0 Å². The number of rotatable bonds is 6. The fourth-order valence-electron chi connectivity index (χ4n) is 2.90. The van der Waals surface area contributed by atoms with Crippen LogP contribution >= 0.6 is 0 Å². The first-order valence-corrected chi connectivity index (χ1v) is 8.17. The topological polar surface area (TPSA) is 94.4 Å². The summed E-state index contributed by atoms with van der Waals surface area (Å²) in [6.07, 6.45) is 0.793. The number of aromatic nitrogens is 1. The Hall–Kier alpha value is -3.12. The predicted octanol–water partition coefficient (Wildman–Crippen LogP) is 2.38. The van der Waals surface area contributed by atoms with E-state index in [1.807, 2.05) is 37.3 Å². The van der Waals surface area contributed by atoms with Gasteiger partial charge in [-0.15, -0.1) is 0 Å². The normalized spacial score (nSPS) is 12.1. The number of ether oxygens (including phenoxy) is 2. The van der Waals surface area contributed by atoms with Crippen molar-refractivity contribution in [1.82, 2.24) is 4.98 Å². The molecule has 0 saturated carbocycles. The Morgan fingerprint density at radius 2 is 1.92 bits per heavy atom. The summed E-state index contributed by atoms with van der Waals surface area (Å²) in [5.41, 5.74) is 8.16. The monoisotopic (exact) mass is 352 g/mol. The molecule has 6 nitrogen and oxygen atoms in total. The molecule has 0 saturated heterocycles. The molecule has 0 fully saturated rings. The van der Waals surface area contributed by atoms with Crippen LogP contribution in [0.15, 0.2) is 53.5 Å². The number of hydrogen-bond acceptors (Lipinski definition) is 4. The van der Waals surface area contributed by atoms with Crippen LogP contribution < -0.4 is 16.0 Å². The van der Waals surface area contributed by atoms with Crippen molar-refractivity contribution in [2.24, 2.45) is 5.73 Å². The number of carbonyl (C=O) groups is 1. The molecule has 3 aromatic rings. The minimum absolute atomic E-state index is 0.0347. The molecule has 6 heteroatoms. The van der Waals surface area contributed by atoms with Gasteiger partial charge in [0.05, 0.1) is 12.0 Å². The van der Waals surface area contributed by atoms with Crippen LogP contribution in [0.3, 0.4) is 0 Å². The lowest BCUT2D eigenvalue weighted by molar-refractivity contribution is -0.126. The molecule has 1 unspecified atom stereocenters. The predicted molar refractivity (Wildman–Crippen MR) is 100 cm³/mol. The number of aromatic amines is 1. The zero-order valence-electron chi connectivity index (χ0n) is 14.6. The van der Waals surface area contributed by atoms with Crippen LogP contribution in [-0.4, -0.2) is 30.7 Å². The summed E-state index contributed by atoms with van der Waals surface area (Å²) >= 11 is 0. The number of aryl methyl sites for hydroxylation is 1. The lowest BCUT2D eigenvalue weighted by Gasteiger charge is -2.16. The van der Waals surface area contributed by atoms with Crippen LogP contribution in [-0.2, 0) is 9.53 Å². The summed E-state index contributed by atoms with van der Waals surface area (Å²) in [7, 11) is 1.46. The fourth-order valence-corrected chi connectivity index (χ4v) is 2.90. The summed E-state index contributed by atoms with van der Waals surface area (Å²) in [4.78, 5) is 26.5. The Bertz CT molecular complexity index is 1010. The molecule has 0 spiro atoms. The summed E-state index contributed by atoms with van der Waals surface area (Å²) in [5.74, 6) is -0.250. The van der Waals surface area contributed by atoms with E-state index in [0.29, 0.717) is 11.1 Å². The number of methoxy groups -OCH3 is 1. The van der Waals surface area contributed by atoms with E-state index in [9.17, 15) is 9.59 Å². The minimum Gasteiger partial charge on any atom is -0.478 e. The number of amides is 1. The van der Waals surface area contributed by atoms with E-state index in [0.717, 1.165) is 22.1 Å². The first-order chi connectivity index (χ1) is 12.5. The standard InChI is InChI=1S/C20H20N2O4/c1-12-5-3-4-6-14(12)17-10-22-20(24)16-9-13(7-8-15(16)17)26-18(11-25-2)19(21)23/h3-10,18H,11H2,1-2H3,(H2,21,23)(H,22,24). The minimum atomic E-state index is -0.920. The zero-order valence-corrected chi connectivity index (χ0v) is 14.6. The van der Waals surface area contributed by atoms with Gasteiger partial charge in [-0.1, -0.05) is 24.3 Å². The van der Waals surface area contributed by atoms with Crippen molar-refractivity contribution in [1.29, 1.82) is 0 Å². The molecule has 3 rings (SSSR count). The lowest BCUT2D eigenvalue weighted by atomic mass is 9.97. The molecule has 0 aliphatic rings. The highest BCUT2D eigenvalue weighted by Gasteiger charge is 2.18. The molecule has 1 aromatic heterocycles. The highest BCUT2D eigenvalue weighted by atomic mass is 16.5. The second-order valence-corrected chi connectivity index (χ2v) is 6.02. The van der Waals surface area contributed by atoms with Crippen LogP contribution in [0.1, 0.15) is 5.56 Å². The van der Waals surface area contributed by atoms with E-state index in [1.54, 1.807) is 18.3 Å². The van der Waals surface area contributed by atoms with Crippen LogP contribution in [0, 0.1) is 6.92 Å². The lowest BCUT2D eigenvalue weighted by Crippen LogP contribution is -2.37. The molecule has 2 aromatic carbocycles. The average molecular weight is 352 g/mol. The van der Waals surface area contributed by atoms with Crippen molar-refractivity contribution < 1.29 is 14.3 Å². The van der Waals surface area contributed by atoms with Crippen LogP contribution in [0.25, 0.3) is 21.9 Å². The third-order valence-electron chi connectivity index (χ3n) is 4.22. The molecule has 3 N–H and O–H groups in total. The molecule has 1 amide bonds. The average Bonchev–Trinajstić information content (AvgIpc) is 2.63. The second-order valence-electron chi connectivity index (χ2n) is 6.02. The number of benzene rings is 2. The van der Waals surface area contributed by atoms with Gasteiger partial charge in [0.15, 0.2) is 6.10 Å². The Morgan fingerprint density at radius 3 is 2.62 bits per heavy atom. The van der Waals surface area contributed by atoms with Gasteiger partial charge in [0.1, 0.15) is 5.75 Å². The first kappa shape index (κ1) is 17.7. The van der Waals surface area contributed by atoms with Crippen molar-refractivity contribution in [2.45, 2.75) is 13.0 Å². The maximum atomic E-state index is 12.3. The van der Waals surface area contributed by atoms with E-state index < -0.39 is 12.0 Å². The van der Waals surface area contributed by atoms with Gasteiger partial charge in [-0.05, 0) is 41.6 Å². The summed E-state index contributed by atoms with van der Waals surface area (Å²) in [5, 5.41) is 1.28. The SMILES string of the molecule is COCC(Oc1ccc2c(-c3ccccc3C)c[nH]c(=O)c2c1)C(N)=O. The highest BCUT2D eigenvalue weighted by molar-refractivity contribution is 5.97. The maximum absolute atomic E-state index is 12.3. The molecule has 26 heavy (non-hydrogen) atoms. The van der Waals surface area contributed by atoms with E-state index >= 15 is 0 Å². The molecule has 134 valence electrons. The highest BCUT2D eigenvalue weighted by Crippen LogP contribution is 2.30. The van der Waals surface area contributed by atoms with Gasteiger partial charge in [0.2, 0.25) is 0 Å². The van der Waals surface area contributed by atoms with Gasteiger partial charge in [0, 0.05) is 18.9 Å². The number of carbonyl (C=O) groups excluding carboxylic acids is 1. The van der Waals surface area contributed by atoms with Gasteiger partial charge >= 0.3 is 0 Å². The fraction of sp³-hybridized carbons (Fsp3) is 0.200. The van der Waals surface area contributed by atoms with Gasteiger partial charge in [0.25, 0.3) is 11.5 Å². The summed E-state index contributed by atoms with van der Waals surface area (Å²) in [6, 6.07) is 13.1. The third-order valence-corrected chi connectivity index (χ3v) is 4.22. The van der Waals surface area contributed by atoms with Gasteiger partial charge in [-0.3, -0.25) is 9.59 Å². The summed E-state index contributed by atoms with van der Waals surface area (Å²) < 4.78 is 10.5. The second kappa shape index (κ2) is 7.41.